The van der Waals surface area contributed by atoms with E-state index in [9.17, 15) is 53.7 Å². The number of hydrogen-bond acceptors (Lipinski definition) is 18. The van der Waals surface area contributed by atoms with Crippen LogP contribution in [0.1, 0.15) is 112 Å². The van der Waals surface area contributed by atoms with Crippen LogP contribution >= 0.6 is 0 Å². The highest BCUT2D eigenvalue weighted by molar-refractivity contribution is 5.96. The molecule has 1 heterocycles. The number of carbonyl (C=O) groups is 9. The van der Waals surface area contributed by atoms with E-state index in [2.05, 4.69) is 5.32 Å². The molecule has 3 aromatic carbocycles. The van der Waals surface area contributed by atoms with Gasteiger partial charge in [0, 0.05) is 44.1 Å². The summed E-state index contributed by atoms with van der Waals surface area (Å²) in [5.74, 6) is -9.77. The fraction of sp³-hybridized carbons (Fsp3) is 0.473. The van der Waals surface area contributed by atoms with Crippen LogP contribution in [0.15, 0.2) is 102 Å². The normalized spacial score (nSPS) is 27.3. The van der Waals surface area contributed by atoms with Crippen LogP contribution in [-0.2, 0) is 57.2 Å². The molecule has 0 aromatic heterocycles. The lowest BCUT2D eigenvalue weighted by Crippen LogP contribution is -2.82. The number of hydrogen-bond donors (Lipinski definition) is 8. The van der Waals surface area contributed by atoms with Crippen LogP contribution in [0.2, 0.25) is 0 Å². The maximum Gasteiger partial charge on any atom is 0.338 e. The second kappa shape index (κ2) is 25.2. The maximum absolute atomic E-state index is 15.5. The Hall–Kier alpha value is -7.37. The maximum atomic E-state index is 15.5. The van der Waals surface area contributed by atoms with E-state index in [1.165, 1.54) is 26.0 Å². The molecule has 2 saturated carbocycles. The van der Waals surface area contributed by atoms with E-state index < -0.39 is 131 Å². The number of aliphatic carboxylic acids is 3. The molecule has 0 unspecified atom stereocenters. The van der Waals surface area contributed by atoms with Crippen LogP contribution in [0.4, 0.5) is 0 Å². The summed E-state index contributed by atoms with van der Waals surface area (Å²) in [7, 11) is 0. The van der Waals surface area contributed by atoms with E-state index in [1.54, 1.807) is 92.7 Å². The number of amides is 1. The molecule has 11 atom stereocenters. The zero-order chi connectivity index (χ0) is 57.2. The van der Waals surface area contributed by atoms with Crippen LogP contribution < -0.4 is 11.1 Å². The van der Waals surface area contributed by atoms with Crippen molar-refractivity contribution in [3.8, 4) is 0 Å². The first-order valence-corrected chi connectivity index (χ1v) is 24.7. The van der Waals surface area contributed by atoms with Crippen molar-refractivity contribution in [3.63, 3.8) is 0 Å². The van der Waals surface area contributed by atoms with E-state index in [0.29, 0.717) is 18.5 Å². The Labute approximate surface area is 443 Å². The third kappa shape index (κ3) is 13.1. The number of aliphatic hydroxyl groups excluding tert-OH is 2. The highest BCUT2D eigenvalue weighted by Crippen LogP contribution is 2.64. The Morgan fingerprint density at radius 1 is 0.766 bits per heavy atom. The lowest BCUT2D eigenvalue weighted by molar-refractivity contribution is -0.346. The largest absolute Gasteiger partial charge is 0.481 e. The highest BCUT2D eigenvalue weighted by Gasteiger charge is 2.78. The number of fused-ring (bicyclic) bond motifs is 5. The molecule has 3 aromatic rings. The Morgan fingerprint density at radius 3 is 1.77 bits per heavy atom. The number of ketones is 1. The molecule has 22 heteroatoms. The fourth-order valence-electron chi connectivity index (χ4n) is 10.6. The summed E-state index contributed by atoms with van der Waals surface area (Å²) in [6.45, 7) is 8.44. The summed E-state index contributed by atoms with van der Waals surface area (Å²) in [5.41, 5.74) is -2.01. The number of esters is 4. The number of Topliss-reactive ketones (excluding diaryl/α,β-unsaturated/α-hetero) is 1. The van der Waals surface area contributed by atoms with Crippen LogP contribution in [-0.4, -0.2) is 145 Å². The Balaban J connectivity index is 0.000000637. The van der Waals surface area contributed by atoms with Gasteiger partial charge in [-0.25, -0.2) is 9.59 Å². The molecule has 1 amide bonds. The number of carboxylic acids is 3. The molecule has 7 rings (SSSR count). The molecule has 3 aliphatic carbocycles. The smallest absolute Gasteiger partial charge is 0.338 e. The van der Waals surface area contributed by atoms with Gasteiger partial charge in [-0.15, -0.1) is 0 Å². The Morgan fingerprint density at radius 2 is 1.30 bits per heavy atom. The van der Waals surface area contributed by atoms with Crippen molar-refractivity contribution in [2.45, 2.75) is 134 Å². The molecule has 22 nitrogen and oxygen atoms in total. The van der Waals surface area contributed by atoms with Gasteiger partial charge in [0.15, 0.2) is 23.6 Å². The van der Waals surface area contributed by atoms with Crippen molar-refractivity contribution in [2.24, 2.45) is 22.5 Å². The lowest BCUT2D eigenvalue weighted by Gasteiger charge is -2.67. The number of ether oxygens (including phenoxy) is 5. The summed E-state index contributed by atoms with van der Waals surface area (Å²) in [4.78, 5) is 112. The fourth-order valence-corrected chi connectivity index (χ4v) is 10.6. The summed E-state index contributed by atoms with van der Waals surface area (Å²) in [6.07, 6.45) is -10.3. The van der Waals surface area contributed by atoms with E-state index in [0.717, 1.165) is 13.8 Å². The van der Waals surface area contributed by atoms with E-state index >= 15 is 4.79 Å². The lowest BCUT2D eigenvalue weighted by atomic mass is 9.44. The summed E-state index contributed by atoms with van der Waals surface area (Å²) in [5, 5.41) is 64.0. The van der Waals surface area contributed by atoms with Gasteiger partial charge in [-0.1, -0.05) is 80.6 Å². The summed E-state index contributed by atoms with van der Waals surface area (Å²) < 4.78 is 30.3. The minimum absolute atomic E-state index is 0.00289. The third-order valence-electron chi connectivity index (χ3n) is 14.6. The monoisotopic (exact) mass is 1070 g/mol. The minimum atomic E-state index is -2.39. The predicted molar refractivity (Wildman–Crippen MR) is 268 cm³/mol. The first-order chi connectivity index (χ1) is 36.2. The van der Waals surface area contributed by atoms with Gasteiger partial charge >= 0.3 is 41.8 Å². The van der Waals surface area contributed by atoms with E-state index in [4.69, 9.17) is 44.7 Å². The Bertz CT molecular complexity index is 2680. The molecule has 77 heavy (non-hydrogen) atoms. The zero-order valence-electron chi connectivity index (χ0n) is 43.4. The summed E-state index contributed by atoms with van der Waals surface area (Å²) in [6, 6.07) is 22.9. The van der Waals surface area contributed by atoms with Crippen molar-refractivity contribution in [1.82, 2.24) is 5.32 Å². The average molecular weight is 1080 g/mol. The molecule has 0 spiro atoms. The Kier molecular flexibility index (Phi) is 19.8. The molecule has 9 N–H and O–H groups in total. The van der Waals surface area contributed by atoms with Crippen molar-refractivity contribution in [3.05, 3.63) is 119 Å². The molecule has 1 aliphatic heterocycles. The third-order valence-corrected chi connectivity index (χ3v) is 14.6. The number of nitrogens with two attached hydrogens (primary N) is 1. The number of rotatable bonds is 16. The van der Waals surface area contributed by atoms with E-state index in [1.807, 2.05) is 0 Å². The number of aliphatic hydroxyl groups is 3. The molecule has 2 bridgehead atoms. The van der Waals surface area contributed by atoms with Gasteiger partial charge in [-0.3, -0.25) is 33.6 Å². The van der Waals surface area contributed by atoms with E-state index in [-0.39, 0.29) is 54.6 Å². The highest BCUT2D eigenvalue weighted by atomic mass is 16.6. The van der Waals surface area contributed by atoms with Crippen LogP contribution in [0, 0.1) is 16.7 Å². The number of carboxylic acid groups (broad SMARTS) is 3. The van der Waals surface area contributed by atoms with Crippen molar-refractivity contribution in [2.75, 3.05) is 13.2 Å². The summed E-state index contributed by atoms with van der Waals surface area (Å²) >= 11 is 0. The van der Waals surface area contributed by atoms with Crippen molar-refractivity contribution in [1.29, 1.82) is 0 Å². The molecule has 416 valence electrons. The van der Waals surface area contributed by atoms with Gasteiger partial charge in [0.05, 0.1) is 48.5 Å². The SMILES string of the molecule is CC(=O)O[C@H]1C(=O)[C@@]2(C)[C@H]([C@H](OC(=O)c3ccccc3)[C@]3(O)C[C@H](OC(=O)[C@H](O)[C@@H](NC(=O)c4ccccc4)c4ccccc4)C(C)=C1C3(C)C)[C@]1(OC(C)=O)CO[C@@H]1C[C@@H]2O.NCCCC(=O)O.O=C(O)CCC(=O)O. The topological polar surface area (TPSA) is 359 Å². The quantitative estimate of drug-likeness (QED) is 0.0578. The molecular weight excluding hydrogens is 1010 g/mol. The first-order valence-electron chi connectivity index (χ1n) is 24.7. The van der Waals surface area contributed by atoms with Gasteiger partial charge in [0.1, 0.15) is 23.9 Å². The minimum Gasteiger partial charge on any atom is -0.481 e. The van der Waals surface area contributed by atoms with Crippen LogP contribution in [0.3, 0.4) is 0 Å². The van der Waals surface area contributed by atoms with Crippen molar-refractivity contribution >= 4 is 53.5 Å². The zero-order valence-corrected chi connectivity index (χ0v) is 43.4. The van der Waals surface area contributed by atoms with Crippen LogP contribution in [0.25, 0.3) is 0 Å². The van der Waals surface area contributed by atoms with Gasteiger partial charge in [-0.05, 0) is 67.8 Å². The second-order valence-corrected chi connectivity index (χ2v) is 19.9. The van der Waals surface area contributed by atoms with Crippen LogP contribution in [0.5, 0.6) is 0 Å². The molecule has 1 saturated heterocycles. The van der Waals surface area contributed by atoms with Gasteiger partial charge in [0.2, 0.25) is 0 Å². The number of benzene rings is 3. The predicted octanol–water partition coefficient (Wildman–Crippen LogP) is 3.48. The number of carbonyl (C=O) groups excluding carboxylic acids is 6. The molecule has 4 aliphatic rings. The standard InChI is InChI=1S/C47H51NO14.C4H9NO2.C4H6O4/c1-25-31(60-43(56)36(52)35(28-16-10-7-11-17-28)48-41(54)29-18-12-8-13-19-29)23-47(57)40(61-42(55)30-20-14-9-15-21-30)38-45(6,32(51)22-33-46(38,24-58-33)62-27(3)50)39(53)37(59-26(2)49)34(25)44(47,4)5;5-3-1-2-4(6)7;5-3(6)1-2-4(7)8/h7-21,31-33,35-38,40,51-52,57H,22-24H2,1-6H3,(H,48,54);1-3,5H2,(H,6,7);1-2H2,(H,5,6)(H,7,8)/t31-,32-,33+,35-,36+,37+,38-,40-,45+,46-,47+;;/m0../s1. The number of nitrogens with one attached hydrogen (secondary N) is 1. The molecule has 3 fully saturated rings. The van der Waals surface area contributed by atoms with Gasteiger partial charge < -0.3 is 65.4 Å². The first kappa shape index (κ1) is 60.5. The second-order valence-electron chi connectivity index (χ2n) is 19.9. The molecule has 0 radical (unpaired) electrons. The van der Waals surface area contributed by atoms with Gasteiger partial charge in [0.25, 0.3) is 5.91 Å². The average Bonchev–Trinajstić information content (AvgIpc) is 3.39. The molecular formula is C55H66N2O20. The van der Waals surface area contributed by atoms with Crippen molar-refractivity contribution < 1.29 is 97.5 Å². The van der Waals surface area contributed by atoms with Gasteiger partial charge in [-0.2, -0.15) is 0 Å².